The highest BCUT2D eigenvalue weighted by atomic mass is 79.9. The molecule has 0 saturated carbocycles. The summed E-state index contributed by atoms with van der Waals surface area (Å²) in [6, 6.07) is 2.97. The first-order valence-electron chi connectivity index (χ1n) is 6.35. The molecule has 0 radical (unpaired) electrons. The molecule has 0 atom stereocenters. The predicted octanol–water partition coefficient (Wildman–Crippen LogP) is 2.73. The average molecular weight is 432 g/mol. The molecule has 1 aliphatic heterocycles. The lowest BCUT2D eigenvalue weighted by Gasteiger charge is -2.16. The zero-order valence-electron chi connectivity index (χ0n) is 11.9. The van der Waals surface area contributed by atoms with Gasteiger partial charge in [-0.1, -0.05) is 23.3 Å². The summed E-state index contributed by atoms with van der Waals surface area (Å²) in [5.74, 6) is 0.242. The number of nitrogens with one attached hydrogen (secondary N) is 2. The van der Waals surface area contributed by atoms with Gasteiger partial charge in [0.25, 0.3) is 0 Å². The van der Waals surface area contributed by atoms with Crippen molar-refractivity contribution in [1.82, 2.24) is 10.0 Å². The van der Waals surface area contributed by atoms with Crippen molar-refractivity contribution in [2.24, 2.45) is 0 Å². The first-order valence-corrected chi connectivity index (χ1v) is 9.01. The summed E-state index contributed by atoms with van der Waals surface area (Å²) in [6.45, 7) is 1.92. The van der Waals surface area contributed by atoms with Gasteiger partial charge in [-0.05, 0) is 41.0 Å². The van der Waals surface area contributed by atoms with Crippen LogP contribution in [0.2, 0.25) is 5.02 Å². The third-order valence-electron chi connectivity index (χ3n) is 3.12. The van der Waals surface area contributed by atoms with Crippen LogP contribution in [-0.2, 0) is 10.0 Å². The summed E-state index contributed by atoms with van der Waals surface area (Å²) in [7, 11) is -2.28. The van der Waals surface area contributed by atoms with Crippen LogP contribution in [0.25, 0.3) is 0 Å². The van der Waals surface area contributed by atoms with Crippen molar-refractivity contribution >= 4 is 50.0 Å². The molecule has 1 aliphatic rings. The molecule has 1 aromatic carbocycles. The molecule has 2 rings (SSSR count). The molecule has 1 aromatic rings. The molecule has 5 nitrogen and oxygen atoms in total. The first-order chi connectivity index (χ1) is 9.94. The van der Waals surface area contributed by atoms with Crippen LogP contribution in [0.5, 0.6) is 5.75 Å². The van der Waals surface area contributed by atoms with Gasteiger partial charge in [0.1, 0.15) is 4.90 Å². The highest BCUT2D eigenvalue weighted by molar-refractivity contribution is 9.10. The second-order valence-corrected chi connectivity index (χ2v) is 7.59. The molecule has 0 spiro atoms. The van der Waals surface area contributed by atoms with Crippen LogP contribution in [0.3, 0.4) is 0 Å². The van der Waals surface area contributed by atoms with Gasteiger partial charge in [0.05, 0.1) is 11.6 Å². The summed E-state index contributed by atoms with van der Waals surface area (Å²) in [5.41, 5.74) is 1.07. The second kappa shape index (κ2) is 8.52. The number of ether oxygens (including phenoxy) is 1. The number of hydrogen-bond acceptors (Lipinski definition) is 4. The lowest BCUT2D eigenvalue weighted by molar-refractivity contribution is 0.399. The van der Waals surface area contributed by atoms with Crippen molar-refractivity contribution in [3.63, 3.8) is 0 Å². The highest BCUT2D eigenvalue weighted by Crippen LogP contribution is 2.35. The molecular weight excluding hydrogens is 415 g/mol. The third-order valence-corrected chi connectivity index (χ3v) is 5.33. The molecule has 124 valence electrons. The van der Waals surface area contributed by atoms with Crippen LogP contribution in [0.15, 0.2) is 33.2 Å². The van der Waals surface area contributed by atoms with Crippen molar-refractivity contribution in [3.05, 3.63) is 33.3 Å². The molecule has 0 bridgehead atoms. The maximum atomic E-state index is 12.4. The molecule has 0 aliphatic carbocycles. The Morgan fingerprint density at radius 1 is 1.45 bits per heavy atom. The zero-order valence-corrected chi connectivity index (χ0v) is 15.8. The number of sulfonamides is 1. The number of halogens is 3. The Labute approximate surface area is 150 Å². The van der Waals surface area contributed by atoms with Crippen LogP contribution in [0, 0.1) is 0 Å². The maximum absolute atomic E-state index is 12.4. The SMILES string of the molecule is COc1c(Br)cc(Cl)cc1S(=O)(=O)NCC1=CCNCC1.Cl. The van der Waals surface area contributed by atoms with Crippen molar-refractivity contribution in [2.45, 2.75) is 11.3 Å². The Kier molecular flexibility index (Phi) is 7.64. The maximum Gasteiger partial charge on any atom is 0.244 e. The van der Waals surface area contributed by atoms with E-state index in [2.05, 4.69) is 26.0 Å². The van der Waals surface area contributed by atoms with E-state index in [9.17, 15) is 8.42 Å². The number of methoxy groups -OCH3 is 1. The van der Waals surface area contributed by atoms with Gasteiger partial charge in [-0.3, -0.25) is 0 Å². The Morgan fingerprint density at radius 3 is 2.77 bits per heavy atom. The fourth-order valence-electron chi connectivity index (χ4n) is 2.03. The lowest BCUT2D eigenvalue weighted by Crippen LogP contribution is -2.30. The van der Waals surface area contributed by atoms with E-state index in [1.807, 2.05) is 6.08 Å². The minimum Gasteiger partial charge on any atom is -0.494 e. The Bertz CT molecular complexity index is 665. The van der Waals surface area contributed by atoms with Gasteiger partial charge in [0.2, 0.25) is 10.0 Å². The van der Waals surface area contributed by atoms with E-state index >= 15 is 0 Å². The van der Waals surface area contributed by atoms with Crippen molar-refractivity contribution in [1.29, 1.82) is 0 Å². The summed E-state index contributed by atoms with van der Waals surface area (Å²) in [6.07, 6.45) is 2.83. The van der Waals surface area contributed by atoms with Gasteiger partial charge in [-0.2, -0.15) is 0 Å². The molecule has 2 N–H and O–H groups in total. The Morgan fingerprint density at radius 2 is 2.18 bits per heavy atom. The Hall–Kier alpha value is -0.310. The van der Waals surface area contributed by atoms with Crippen LogP contribution < -0.4 is 14.8 Å². The van der Waals surface area contributed by atoms with Crippen LogP contribution in [0.1, 0.15) is 6.42 Å². The minimum absolute atomic E-state index is 0. The smallest absolute Gasteiger partial charge is 0.244 e. The van der Waals surface area contributed by atoms with Crippen molar-refractivity contribution in [3.8, 4) is 5.75 Å². The zero-order chi connectivity index (χ0) is 15.5. The van der Waals surface area contributed by atoms with Gasteiger partial charge in [-0.25, -0.2) is 13.1 Å². The molecule has 0 amide bonds. The lowest BCUT2D eigenvalue weighted by atomic mass is 10.1. The second-order valence-electron chi connectivity index (χ2n) is 4.56. The minimum atomic E-state index is -3.70. The topological polar surface area (TPSA) is 67.4 Å². The molecule has 22 heavy (non-hydrogen) atoms. The highest BCUT2D eigenvalue weighted by Gasteiger charge is 2.22. The van der Waals surface area contributed by atoms with Gasteiger partial charge in [-0.15, -0.1) is 12.4 Å². The van der Waals surface area contributed by atoms with E-state index in [1.54, 1.807) is 6.07 Å². The first kappa shape index (κ1) is 19.7. The van der Waals surface area contributed by atoms with Crippen LogP contribution in [0.4, 0.5) is 0 Å². The molecule has 0 aromatic heterocycles. The number of rotatable bonds is 5. The fourth-order valence-corrected chi connectivity index (χ4v) is 4.45. The third kappa shape index (κ3) is 4.84. The van der Waals surface area contributed by atoms with E-state index in [4.69, 9.17) is 16.3 Å². The number of benzene rings is 1. The van der Waals surface area contributed by atoms with E-state index in [-0.39, 0.29) is 29.6 Å². The molecular formula is C13H17BrCl2N2O3S. The van der Waals surface area contributed by atoms with Crippen molar-refractivity contribution in [2.75, 3.05) is 26.7 Å². The van der Waals surface area contributed by atoms with E-state index < -0.39 is 10.0 Å². The number of hydrogen-bond donors (Lipinski definition) is 2. The fraction of sp³-hybridized carbons (Fsp3) is 0.385. The van der Waals surface area contributed by atoms with Crippen LogP contribution >= 0.6 is 39.9 Å². The molecule has 1 heterocycles. The van der Waals surface area contributed by atoms with Gasteiger partial charge in [0.15, 0.2) is 5.75 Å². The summed E-state index contributed by atoms with van der Waals surface area (Å²) < 4.78 is 33.1. The Balaban J connectivity index is 0.00000242. The summed E-state index contributed by atoms with van der Waals surface area (Å²) in [4.78, 5) is 0.0268. The molecule has 9 heteroatoms. The van der Waals surface area contributed by atoms with E-state index in [0.717, 1.165) is 25.1 Å². The largest absolute Gasteiger partial charge is 0.494 e. The normalized spacial score (nSPS) is 15.0. The van der Waals surface area contributed by atoms with Gasteiger partial charge in [0, 0.05) is 18.1 Å². The predicted molar refractivity (Wildman–Crippen MR) is 93.7 cm³/mol. The van der Waals surface area contributed by atoms with E-state index in [1.165, 1.54) is 13.2 Å². The van der Waals surface area contributed by atoms with Crippen LogP contribution in [-0.4, -0.2) is 35.2 Å². The van der Waals surface area contributed by atoms with Gasteiger partial charge >= 0.3 is 0 Å². The average Bonchev–Trinajstić information content (AvgIpc) is 2.46. The van der Waals surface area contributed by atoms with E-state index in [0.29, 0.717) is 9.50 Å². The summed E-state index contributed by atoms with van der Waals surface area (Å²) in [5, 5.41) is 3.50. The molecule has 0 saturated heterocycles. The standard InChI is InChI=1S/C13H16BrClN2O3S.ClH/c1-20-13-11(14)6-10(15)7-12(13)21(18,19)17-8-9-2-4-16-5-3-9;/h2,6-7,16-17H,3-5,8H2,1H3;1H. The van der Waals surface area contributed by atoms with Gasteiger partial charge < -0.3 is 10.1 Å². The summed E-state index contributed by atoms with van der Waals surface area (Å²) >= 11 is 9.19. The quantitative estimate of drug-likeness (QED) is 0.703. The molecule has 0 fully saturated rings. The molecule has 0 unspecified atom stereocenters. The van der Waals surface area contributed by atoms with Crippen molar-refractivity contribution < 1.29 is 13.2 Å². The monoisotopic (exact) mass is 430 g/mol.